The number of unbranched alkanes of at least 4 members (excludes halogenated alkanes) is 2. The lowest BCUT2D eigenvalue weighted by Gasteiger charge is -2.46. The van der Waals surface area contributed by atoms with Gasteiger partial charge in [-0.3, -0.25) is 0 Å². The Morgan fingerprint density at radius 1 is 1.14 bits per heavy atom. The second-order valence-electron chi connectivity index (χ2n) is 6.39. The summed E-state index contributed by atoms with van der Waals surface area (Å²) in [7, 11) is 0. The standard InChI is InChI=1S/C16H28N2O3/c1-2-3-6-11-17-16(21)18-13-8-5-4-7-12(13)9-10-14(18)15(19)20/h12-14H,2-11H2,1H3,(H,17,21)(H,19,20). The van der Waals surface area contributed by atoms with E-state index in [1.54, 1.807) is 4.90 Å². The second-order valence-corrected chi connectivity index (χ2v) is 6.39. The molecule has 2 aliphatic rings. The highest BCUT2D eigenvalue weighted by molar-refractivity contribution is 5.83. The van der Waals surface area contributed by atoms with Crippen molar-refractivity contribution in [1.82, 2.24) is 10.2 Å². The molecular weight excluding hydrogens is 268 g/mol. The number of piperidine rings is 1. The molecule has 3 atom stereocenters. The number of hydrogen-bond acceptors (Lipinski definition) is 2. The van der Waals surface area contributed by atoms with E-state index in [2.05, 4.69) is 12.2 Å². The van der Waals surface area contributed by atoms with Gasteiger partial charge < -0.3 is 15.3 Å². The number of carbonyl (C=O) groups excluding carboxylic acids is 1. The zero-order chi connectivity index (χ0) is 15.2. The van der Waals surface area contributed by atoms with Gasteiger partial charge in [-0.25, -0.2) is 9.59 Å². The first-order chi connectivity index (χ1) is 10.1. The van der Waals surface area contributed by atoms with Gasteiger partial charge in [-0.05, 0) is 38.0 Å². The first-order valence-electron chi connectivity index (χ1n) is 8.44. The average Bonchev–Trinajstić information content (AvgIpc) is 2.50. The third-order valence-corrected chi connectivity index (χ3v) is 4.95. The van der Waals surface area contributed by atoms with Crippen LogP contribution in [0.3, 0.4) is 0 Å². The van der Waals surface area contributed by atoms with Crippen molar-refractivity contribution < 1.29 is 14.7 Å². The third-order valence-electron chi connectivity index (χ3n) is 4.95. The highest BCUT2D eigenvalue weighted by Gasteiger charge is 2.43. The maximum atomic E-state index is 12.5. The first-order valence-corrected chi connectivity index (χ1v) is 8.44. The van der Waals surface area contributed by atoms with E-state index in [1.807, 2.05) is 0 Å². The number of nitrogens with zero attached hydrogens (tertiary/aromatic N) is 1. The minimum Gasteiger partial charge on any atom is -0.480 e. The molecule has 0 radical (unpaired) electrons. The smallest absolute Gasteiger partial charge is 0.326 e. The van der Waals surface area contributed by atoms with Gasteiger partial charge in [0, 0.05) is 12.6 Å². The van der Waals surface area contributed by atoms with E-state index in [1.165, 1.54) is 6.42 Å². The number of nitrogens with one attached hydrogen (secondary N) is 1. The second kappa shape index (κ2) is 7.66. The van der Waals surface area contributed by atoms with Crippen LogP contribution in [0.25, 0.3) is 0 Å². The molecule has 120 valence electrons. The molecule has 0 aromatic carbocycles. The molecule has 2 rings (SSSR count). The molecule has 1 saturated carbocycles. The Balaban J connectivity index is 2.01. The number of aliphatic carboxylic acids is 1. The van der Waals surface area contributed by atoms with Crippen LogP contribution in [0, 0.1) is 5.92 Å². The fourth-order valence-corrected chi connectivity index (χ4v) is 3.83. The molecule has 0 spiro atoms. The van der Waals surface area contributed by atoms with Gasteiger partial charge in [0.25, 0.3) is 0 Å². The number of carbonyl (C=O) groups is 2. The largest absolute Gasteiger partial charge is 0.480 e. The predicted octanol–water partition coefficient (Wildman–Crippen LogP) is 2.99. The minimum absolute atomic E-state index is 0.125. The van der Waals surface area contributed by atoms with Crippen LogP contribution in [0.15, 0.2) is 0 Å². The summed E-state index contributed by atoms with van der Waals surface area (Å²) in [6.45, 7) is 2.77. The predicted molar refractivity (Wildman–Crippen MR) is 81.2 cm³/mol. The van der Waals surface area contributed by atoms with Gasteiger partial charge in [0.1, 0.15) is 6.04 Å². The van der Waals surface area contributed by atoms with Gasteiger partial charge in [0.15, 0.2) is 0 Å². The number of urea groups is 1. The van der Waals surface area contributed by atoms with Gasteiger partial charge in [0.05, 0.1) is 0 Å². The summed E-state index contributed by atoms with van der Waals surface area (Å²) >= 11 is 0. The lowest BCUT2D eigenvalue weighted by Crippen LogP contribution is -2.60. The van der Waals surface area contributed by atoms with E-state index in [0.717, 1.165) is 44.9 Å². The van der Waals surface area contributed by atoms with Crippen molar-refractivity contribution in [3.8, 4) is 0 Å². The summed E-state index contributed by atoms with van der Waals surface area (Å²) < 4.78 is 0. The van der Waals surface area contributed by atoms with E-state index in [9.17, 15) is 14.7 Å². The average molecular weight is 296 g/mol. The molecule has 21 heavy (non-hydrogen) atoms. The molecule has 0 aromatic heterocycles. The van der Waals surface area contributed by atoms with Gasteiger partial charge in [-0.1, -0.05) is 32.6 Å². The fourth-order valence-electron chi connectivity index (χ4n) is 3.83. The minimum atomic E-state index is -0.859. The Morgan fingerprint density at radius 2 is 1.90 bits per heavy atom. The topological polar surface area (TPSA) is 69.6 Å². The van der Waals surface area contributed by atoms with Crippen molar-refractivity contribution in [2.75, 3.05) is 6.54 Å². The van der Waals surface area contributed by atoms with Crippen LogP contribution in [0.5, 0.6) is 0 Å². The van der Waals surface area contributed by atoms with Crippen LogP contribution in [-0.4, -0.2) is 40.6 Å². The summed E-state index contributed by atoms with van der Waals surface area (Å²) in [5, 5.41) is 12.4. The molecule has 5 heteroatoms. The molecular formula is C16H28N2O3. The lowest BCUT2D eigenvalue weighted by molar-refractivity contribution is -0.145. The molecule has 3 unspecified atom stereocenters. The summed E-state index contributed by atoms with van der Waals surface area (Å²) in [5.41, 5.74) is 0. The molecule has 1 saturated heterocycles. The Kier molecular flexibility index (Phi) is 5.88. The van der Waals surface area contributed by atoms with E-state index >= 15 is 0 Å². The highest BCUT2D eigenvalue weighted by atomic mass is 16.4. The van der Waals surface area contributed by atoms with Crippen molar-refractivity contribution in [3.05, 3.63) is 0 Å². The Hall–Kier alpha value is -1.26. The maximum Gasteiger partial charge on any atom is 0.326 e. The number of rotatable bonds is 5. The van der Waals surface area contributed by atoms with Crippen molar-refractivity contribution in [2.45, 2.75) is 76.8 Å². The first kappa shape index (κ1) is 16.1. The van der Waals surface area contributed by atoms with E-state index in [0.29, 0.717) is 18.9 Å². The van der Waals surface area contributed by atoms with Crippen LogP contribution >= 0.6 is 0 Å². The Morgan fingerprint density at radius 3 is 2.62 bits per heavy atom. The fraction of sp³-hybridized carbons (Fsp3) is 0.875. The number of hydrogen-bond donors (Lipinski definition) is 2. The SMILES string of the molecule is CCCCCNC(=O)N1C(C(=O)O)CCC2CCCCC21. The van der Waals surface area contributed by atoms with Gasteiger partial charge in [0.2, 0.25) is 0 Å². The van der Waals surface area contributed by atoms with Crippen molar-refractivity contribution in [1.29, 1.82) is 0 Å². The summed E-state index contributed by atoms with van der Waals surface area (Å²) in [5.74, 6) is -0.363. The van der Waals surface area contributed by atoms with Gasteiger partial charge in [-0.15, -0.1) is 0 Å². The normalized spacial score (nSPS) is 28.8. The molecule has 1 heterocycles. The number of carboxylic acid groups (broad SMARTS) is 1. The molecule has 2 fully saturated rings. The Labute approximate surface area is 127 Å². The van der Waals surface area contributed by atoms with E-state index < -0.39 is 12.0 Å². The number of fused-ring (bicyclic) bond motifs is 1. The molecule has 1 aliphatic heterocycles. The van der Waals surface area contributed by atoms with Crippen LogP contribution < -0.4 is 5.32 Å². The van der Waals surface area contributed by atoms with Crippen LogP contribution in [0.1, 0.15) is 64.7 Å². The van der Waals surface area contributed by atoms with Crippen LogP contribution in [0.4, 0.5) is 4.79 Å². The summed E-state index contributed by atoms with van der Waals surface area (Å²) in [6, 6.07) is -0.689. The van der Waals surface area contributed by atoms with Gasteiger partial charge >= 0.3 is 12.0 Å². The van der Waals surface area contributed by atoms with Crippen molar-refractivity contribution in [2.24, 2.45) is 5.92 Å². The molecule has 2 amide bonds. The van der Waals surface area contributed by atoms with Gasteiger partial charge in [-0.2, -0.15) is 0 Å². The van der Waals surface area contributed by atoms with E-state index in [-0.39, 0.29) is 12.1 Å². The summed E-state index contributed by atoms with van der Waals surface area (Å²) in [6.07, 6.45) is 9.12. The van der Waals surface area contributed by atoms with E-state index in [4.69, 9.17) is 0 Å². The Bertz CT molecular complexity index is 373. The zero-order valence-corrected chi connectivity index (χ0v) is 13.0. The number of likely N-dealkylation sites (tertiary alicyclic amines) is 1. The van der Waals surface area contributed by atoms with Crippen LogP contribution in [-0.2, 0) is 4.79 Å². The number of carboxylic acids is 1. The molecule has 0 aromatic rings. The molecule has 5 nitrogen and oxygen atoms in total. The maximum absolute atomic E-state index is 12.5. The highest BCUT2D eigenvalue weighted by Crippen LogP contribution is 2.37. The monoisotopic (exact) mass is 296 g/mol. The number of amides is 2. The molecule has 0 bridgehead atoms. The lowest BCUT2D eigenvalue weighted by atomic mass is 9.76. The summed E-state index contributed by atoms with van der Waals surface area (Å²) in [4.78, 5) is 25.6. The van der Waals surface area contributed by atoms with Crippen molar-refractivity contribution >= 4 is 12.0 Å². The van der Waals surface area contributed by atoms with Crippen molar-refractivity contribution in [3.63, 3.8) is 0 Å². The third kappa shape index (κ3) is 3.89. The zero-order valence-electron chi connectivity index (χ0n) is 13.0. The quantitative estimate of drug-likeness (QED) is 0.766. The van der Waals surface area contributed by atoms with Crippen LogP contribution in [0.2, 0.25) is 0 Å². The molecule has 2 N–H and O–H groups in total. The molecule has 1 aliphatic carbocycles.